The molecule has 5 heteroatoms. The van der Waals surface area contributed by atoms with Crippen LogP contribution in [0.15, 0.2) is 28.7 Å². The summed E-state index contributed by atoms with van der Waals surface area (Å²) in [4.78, 5) is 23.6. The zero-order valence-electron chi connectivity index (χ0n) is 13.1. The minimum absolute atomic E-state index is 0.268. The molecule has 1 aromatic rings. The number of rotatable bonds is 10. The van der Waals surface area contributed by atoms with Crippen molar-refractivity contribution in [2.24, 2.45) is 5.73 Å². The van der Waals surface area contributed by atoms with Crippen molar-refractivity contribution in [2.45, 2.75) is 57.9 Å². The minimum Gasteiger partial charge on any atom is -0.368 e. The number of carbonyl (C=O) groups is 2. The van der Waals surface area contributed by atoms with Crippen molar-refractivity contribution in [2.75, 3.05) is 0 Å². The summed E-state index contributed by atoms with van der Waals surface area (Å²) in [5, 5.41) is 2.73. The van der Waals surface area contributed by atoms with Gasteiger partial charge in [-0.05, 0) is 24.6 Å². The highest BCUT2D eigenvalue weighted by Crippen LogP contribution is 2.13. The summed E-state index contributed by atoms with van der Waals surface area (Å²) in [6, 6.07) is 6.46. The van der Waals surface area contributed by atoms with Gasteiger partial charge >= 0.3 is 0 Å². The Labute approximate surface area is 141 Å². The number of primary amides is 1. The summed E-state index contributed by atoms with van der Waals surface area (Å²) in [6.07, 6.45) is 7.42. The van der Waals surface area contributed by atoms with Gasteiger partial charge in [0.2, 0.25) is 5.91 Å². The number of benzene rings is 1. The van der Waals surface area contributed by atoms with Crippen LogP contribution >= 0.6 is 15.9 Å². The largest absolute Gasteiger partial charge is 0.368 e. The van der Waals surface area contributed by atoms with E-state index in [1.54, 1.807) is 18.2 Å². The molecule has 0 unspecified atom stereocenters. The Morgan fingerprint density at radius 2 is 1.86 bits per heavy atom. The molecule has 0 spiro atoms. The molecular weight excluding hydrogens is 344 g/mol. The summed E-state index contributed by atoms with van der Waals surface area (Å²) in [6.45, 7) is 2.18. The number of hydrogen-bond acceptors (Lipinski definition) is 2. The van der Waals surface area contributed by atoms with Crippen molar-refractivity contribution >= 4 is 27.7 Å². The molecule has 22 heavy (non-hydrogen) atoms. The van der Waals surface area contributed by atoms with E-state index in [-0.39, 0.29) is 5.91 Å². The second-order valence-corrected chi connectivity index (χ2v) is 6.41. The zero-order chi connectivity index (χ0) is 16.4. The van der Waals surface area contributed by atoms with Crippen LogP contribution in [0, 0.1) is 0 Å². The lowest BCUT2D eigenvalue weighted by molar-refractivity contribution is -0.120. The standard InChI is InChI=1S/C17H25BrN2O2/c1-2-3-4-5-6-7-11-15(16(19)21)20-17(22)13-9-8-10-14(18)12-13/h8-10,12,15H,2-7,11H2,1H3,(H2,19,21)(H,20,22)/t15-/m1/s1. The molecule has 1 aromatic carbocycles. The van der Waals surface area contributed by atoms with Crippen molar-refractivity contribution in [3.05, 3.63) is 34.3 Å². The molecular formula is C17H25BrN2O2. The molecule has 0 saturated carbocycles. The van der Waals surface area contributed by atoms with E-state index < -0.39 is 11.9 Å². The Morgan fingerprint density at radius 3 is 2.50 bits per heavy atom. The van der Waals surface area contributed by atoms with Crippen LogP contribution in [0.5, 0.6) is 0 Å². The summed E-state index contributed by atoms with van der Waals surface area (Å²) >= 11 is 3.33. The van der Waals surface area contributed by atoms with Crippen LogP contribution in [-0.4, -0.2) is 17.9 Å². The molecule has 2 amide bonds. The predicted octanol–water partition coefficient (Wildman–Crippen LogP) is 3.78. The second-order valence-electron chi connectivity index (χ2n) is 5.50. The van der Waals surface area contributed by atoms with Crippen molar-refractivity contribution in [1.29, 1.82) is 0 Å². The van der Waals surface area contributed by atoms with E-state index in [1.165, 1.54) is 25.7 Å². The fourth-order valence-corrected chi connectivity index (χ4v) is 2.68. The van der Waals surface area contributed by atoms with E-state index in [1.807, 2.05) is 6.07 Å². The van der Waals surface area contributed by atoms with E-state index in [4.69, 9.17) is 5.73 Å². The van der Waals surface area contributed by atoms with Gasteiger partial charge in [0.25, 0.3) is 5.91 Å². The lowest BCUT2D eigenvalue weighted by Gasteiger charge is -2.15. The summed E-state index contributed by atoms with van der Waals surface area (Å²) < 4.78 is 0.826. The average molecular weight is 369 g/mol. The van der Waals surface area contributed by atoms with E-state index in [0.717, 1.165) is 17.3 Å². The smallest absolute Gasteiger partial charge is 0.251 e. The van der Waals surface area contributed by atoms with Crippen LogP contribution in [0.3, 0.4) is 0 Å². The highest BCUT2D eigenvalue weighted by atomic mass is 79.9. The topological polar surface area (TPSA) is 72.2 Å². The van der Waals surface area contributed by atoms with Gasteiger partial charge in [-0.25, -0.2) is 0 Å². The number of amides is 2. The monoisotopic (exact) mass is 368 g/mol. The molecule has 0 aliphatic rings. The molecule has 0 saturated heterocycles. The number of carbonyl (C=O) groups excluding carboxylic acids is 2. The van der Waals surface area contributed by atoms with Gasteiger partial charge < -0.3 is 11.1 Å². The number of nitrogens with two attached hydrogens (primary N) is 1. The quantitative estimate of drug-likeness (QED) is 0.616. The Morgan fingerprint density at radius 1 is 1.18 bits per heavy atom. The molecule has 0 radical (unpaired) electrons. The first kappa shape index (κ1) is 18.7. The Bertz CT molecular complexity index is 491. The molecule has 122 valence electrons. The van der Waals surface area contributed by atoms with Gasteiger partial charge in [0.1, 0.15) is 6.04 Å². The van der Waals surface area contributed by atoms with Gasteiger partial charge in [-0.2, -0.15) is 0 Å². The third-order valence-corrected chi connectivity index (χ3v) is 4.08. The first-order valence-electron chi connectivity index (χ1n) is 7.90. The predicted molar refractivity (Wildman–Crippen MR) is 92.6 cm³/mol. The normalized spacial score (nSPS) is 11.9. The summed E-state index contributed by atoms with van der Waals surface area (Å²) in [7, 11) is 0. The van der Waals surface area contributed by atoms with Crippen LogP contribution in [0.4, 0.5) is 0 Å². The maximum atomic E-state index is 12.1. The summed E-state index contributed by atoms with van der Waals surface area (Å²) in [5.41, 5.74) is 5.91. The Kier molecular flexibility index (Phi) is 8.82. The molecule has 1 rings (SSSR count). The third kappa shape index (κ3) is 7.07. The fraction of sp³-hybridized carbons (Fsp3) is 0.529. The minimum atomic E-state index is -0.599. The summed E-state index contributed by atoms with van der Waals surface area (Å²) in [5.74, 6) is -0.743. The highest BCUT2D eigenvalue weighted by molar-refractivity contribution is 9.10. The zero-order valence-corrected chi connectivity index (χ0v) is 14.7. The van der Waals surface area contributed by atoms with Crippen LogP contribution in [0.2, 0.25) is 0 Å². The maximum absolute atomic E-state index is 12.1. The molecule has 0 heterocycles. The lowest BCUT2D eigenvalue weighted by atomic mass is 10.0. The van der Waals surface area contributed by atoms with Crippen LogP contribution in [0.1, 0.15) is 62.2 Å². The van der Waals surface area contributed by atoms with Crippen LogP contribution in [-0.2, 0) is 4.79 Å². The van der Waals surface area contributed by atoms with Gasteiger partial charge in [0.15, 0.2) is 0 Å². The lowest BCUT2D eigenvalue weighted by Crippen LogP contribution is -2.44. The van der Waals surface area contributed by atoms with Crippen molar-refractivity contribution < 1.29 is 9.59 Å². The highest BCUT2D eigenvalue weighted by Gasteiger charge is 2.18. The van der Waals surface area contributed by atoms with E-state index in [0.29, 0.717) is 12.0 Å². The molecule has 1 atom stereocenters. The molecule has 0 aliphatic carbocycles. The number of hydrogen-bond donors (Lipinski definition) is 2. The number of halogens is 1. The van der Waals surface area contributed by atoms with Gasteiger partial charge in [-0.1, -0.05) is 67.4 Å². The third-order valence-electron chi connectivity index (χ3n) is 3.58. The van der Waals surface area contributed by atoms with E-state index in [9.17, 15) is 9.59 Å². The first-order chi connectivity index (χ1) is 10.5. The molecule has 0 bridgehead atoms. The number of unbranched alkanes of at least 4 members (excludes halogenated alkanes) is 5. The second kappa shape index (κ2) is 10.4. The maximum Gasteiger partial charge on any atom is 0.251 e. The molecule has 0 aliphatic heterocycles. The number of nitrogens with one attached hydrogen (secondary N) is 1. The van der Waals surface area contributed by atoms with Gasteiger partial charge in [0, 0.05) is 10.0 Å². The SMILES string of the molecule is CCCCCCCC[C@@H](NC(=O)c1cccc(Br)c1)C(N)=O. The molecule has 0 fully saturated rings. The van der Waals surface area contributed by atoms with Crippen molar-refractivity contribution in [3.63, 3.8) is 0 Å². The van der Waals surface area contributed by atoms with Crippen LogP contribution in [0.25, 0.3) is 0 Å². The van der Waals surface area contributed by atoms with Crippen LogP contribution < -0.4 is 11.1 Å². The molecule has 4 nitrogen and oxygen atoms in total. The molecule has 3 N–H and O–H groups in total. The Balaban J connectivity index is 2.43. The average Bonchev–Trinajstić information content (AvgIpc) is 2.49. The van der Waals surface area contributed by atoms with Crippen molar-refractivity contribution in [1.82, 2.24) is 5.32 Å². The van der Waals surface area contributed by atoms with E-state index >= 15 is 0 Å². The Hall–Kier alpha value is -1.36. The molecule has 0 aromatic heterocycles. The van der Waals surface area contributed by atoms with Gasteiger partial charge in [-0.15, -0.1) is 0 Å². The fourth-order valence-electron chi connectivity index (χ4n) is 2.29. The van der Waals surface area contributed by atoms with E-state index in [2.05, 4.69) is 28.2 Å². The first-order valence-corrected chi connectivity index (χ1v) is 8.69. The van der Waals surface area contributed by atoms with Crippen molar-refractivity contribution in [3.8, 4) is 0 Å². The van der Waals surface area contributed by atoms with Gasteiger partial charge in [0.05, 0.1) is 0 Å². The van der Waals surface area contributed by atoms with Gasteiger partial charge in [-0.3, -0.25) is 9.59 Å².